The lowest BCUT2D eigenvalue weighted by Gasteiger charge is -2.16. The van der Waals surface area contributed by atoms with Crippen molar-refractivity contribution < 1.29 is 24.2 Å². The third-order valence-corrected chi connectivity index (χ3v) is 4.80. The van der Waals surface area contributed by atoms with Gasteiger partial charge in [-0.05, 0) is 48.9 Å². The van der Waals surface area contributed by atoms with Gasteiger partial charge in [0, 0.05) is 22.5 Å². The maximum Gasteiger partial charge on any atom is 0.416 e. The molecule has 0 aliphatic heterocycles. The van der Waals surface area contributed by atoms with Crippen molar-refractivity contribution >= 4 is 28.0 Å². The first-order valence-electron chi connectivity index (χ1n) is 8.48. The Morgan fingerprint density at radius 1 is 1.29 bits per heavy atom. The van der Waals surface area contributed by atoms with Gasteiger partial charge in [-0.15, -0.1) is 0 Å². The van der Waals surface area contributed by atoms with Gasteiger partial charge in [0.15, 0.2) is 0 Å². The molecule has 4 rings (SSSR count). The number of fused-ring (bicyclic) bond motifs is 2. The minimum atomic E-state index is -1.18. The van der Waals surface area contributed by atoms with Gasteiger partial charge in [-0.1, -0.05) is 0 Å². The van der Waals surface area contributed by atoms with Gasteiger partial charge < -0.3 is 19.4 Å². The number of nitriles is 1. The molecule has 1 unspecified atom stereocenters. The minimum absolute atomic E-state index is 0.275. The number of aromatic nitrogens is 1. The Labute approximate surface area is 159 Å². The lowest BCUT2D eigenvalue weighted by molar-refractivity contribution is 0.189. The lowest BCUT2D eigenvalue weighted by atomic mass is 9.98. The van der Waals surface area contributed by atoms with E-state index in [9.17, 15) is 15.0 Å². The first-order chi connectivity index (χ1) is 13.4. The second-order valence-electron chi connectivity index (χ2n) is 6.46. The molecule has 140 valence electrons. The second kappa shape index (κ2) is 6.44. The normalized spacial score (nSPS) is 12.2. The largest absolute Gasteiger partial charge is 0.496 e. The smallest absolute Gasteiger partial charge is 0.416 e. The van der Waals surface area contributed by atoms with E-state index in [0.29, 0.717) is 38.9 Å². The van der Waals surface area contributed by atoms with Crippen molar-refractivity contribution in [3.05, 3.63) is 65.0 Å². The number of furan rings is 1. The van der Waals surface area contributed by atoms with Gasteiger partial charge in [0.1, 0.15) is 23.2 Å². The number of aryl methyl sites for hydroxylation is 1. The monoisotopic (exact) mass is 376 g/mol. The minimum Gasteiger partial charge on any atom is -0.496 e. The molecule has 0 saturated carbocycles. The first-order valence-corrected chi connectivity index (χ1v) is 8.48. The predicted molar refractivity (Wildman–Crippen MR) is 102 cm³/mol. The average molecular weight is 376 g/mol. The summed E-state index contributed by atoms with van der Waals surface area (Å²) in [5.74, 6) is 0.704. The van der Waals surface area contributed by atoms with Crippen LogP contribution in [0, 0.1) is 18.3 Å². The number of carboxylic acid groups (broad SMARTS) is 1. The summed E-state index contributed by atoms with van der Waals surface area (Å²) >= 11 is 0. The Kier molecular flexibility index (Phi) is 4.06. The van der Waals surface area contributed by atoms with Crippen LogP contribution in [0.5, 0.6) is 5.75 Å². The lowest BCUT2D eigenvalue weighted by Crippen LogP contribution is -2.08. The molecule has 0 aliphatic carbocycles. The second-order valence-corrected chi connectivity index (χ2v) is 6.46. The van der Waals surface area contributed by atoms with Gasteiger partial charge >= 0.3 is 6.09 Å². The summed E-state index contributed by atoms with van der Waals surface area (Å²) in [6.45, 7) is 1.78. The van der Waals surface area contributed by atoms with Crippen LogP contribution in [0.25, 0.3) is 21.9 Å². The number of ether oxygens (including phenoxy) is 1. The maximum absolute atomic E-state index is 11.5. The van der Waals surface area contributed by atoms with Crippen molar-refractivity contribution in [1.29, 1.82) is 5.26 Å². The van der Waals surface area contributed by atoms with Crippen LogP contribution in [0.2, 0.25) is 0 Å². The number of aliphatic hydroxyl groups excluding tert-OH is 1. The van der Waals surface area contributed by atoms with Crippen LogP contribution in [0.15, 0.2) is 47.0 Å². The predicted octanol–water partition coefficient (Wildman–Crippen LogP) is 4.18. The summed E-state index contributed by atoms with van der Waals surface area (Å²) in [4.78, 5) is 11.5. The van der Waals surface area contributed by atoms with Crippen molar-refractivity contribution in [2.24, 2.45) is 0 Å². The number of carbonyl (C=O) groups is 1. The highest BCUT2D eigenvalue weighted by Gasteiger charge is 2.25. The molecular weight excluding hydrogens is 360 g/mol. The number of hydrogen-bond acceptors (Lipinski definition) is 5. The molecular formula is C21H16N2O5. The molecule has 28 heavy (non-hydrogen) atoms. The van der Waals surface area contributed by atoms with Gasteiger partial charge in [0.05, 0.1) is 24.3 Å². The Bertz CT molecular complexity index is 1280. The number of aliphatic hydroxyl groups is 1. The van der Waals surface area contributed by atoms with Crippen LogP contribution in [-0.4, -0.2) is 28.0 Å². The fourth-order valence-electron chi connectivity index (χ4n) is 3.54. The van der Waals surface area contributed by atoms with E-state index in [2.05, 4.69) is 6.07 Å². The number of benzene rings is 2. The Morgan fingerprint density at radius 2 is 2.07 bits per heavy atom. The van der Waals surface area contributed by atoms with E-state index < -0.39 is 12.2 Å². The van der Waals surface area contributed by atoms with Gasteiger partial charge in [0.2, 0.25) is 0 Å². The van der Waals surface area contributed by atoms with Crippen LogP contribution in [0.4, 0.5) is 4.79 Å². The third-order valence-electron chi connectivity index (χ3n) is 4.80. The third kappa shape index (κ3) is 2.59. The van der Waals surface area contributed by atoms with Crippen LogP contribution in [0.1, 0.15) is 28.6 Å². The van der Waals surface area contributed by atoms with Crippen LogP contribution in [0.3, 0.4) is 0 Å². The zero-order valence-corrected chi connectivity index (χ0v) is 15.1. The highest BCUT2D eigenvalue weighted by molar-refractivity contribution is 5.95. The van der Waals surface area contributed by atoms with Crippen LogP contribution < -0.4 is 4.74 Å². The highest BCUT2D eigenvalue weighted by atomic mass is 16.5. The quantitative estimate of drug-likeness (QED) is 0.555. The Morgan fingerprint density at radius 3 is 2.75 bits per heavy atom. The number of rotatable bonds is 3. The summed E-state index contributed by atoms with van der Waals surface area (Å²) in [6.07, 6.45) is -0.856. The molecule has 2 aromatic carbocycles. The topological polar surface area (TPSA) is 109 Å². The van der Waals surface area contributed by atoms with E-state index in [1.54, 1.807) is 43.3 Å². The Balaban J connectivity index is 1.94. The number of methoxy groups -OCH3 is 1. The molecule has 7 heteroatoms. The fourth-order valence-corrected chi connectivity index (χ4v) is 3.54. The van der Waals surface area contributed by atoms with Crippen molar-refractivity contribution in [3.8, 4) is 11.8 Å². The molecule has 0 saturated heterocycles. The fraction of sp³-hybridized carbons (Fsp3) is 0.143. The molecule has 0 bridgehead atoms. The van der Waals surface area contributed by atoms with E-state index in [1.165, 1.54) is 13.3 Å². The van der Waals surface area contributed by atoms with Crippen molar-refractivity contribution in [3.63, 3.8) is 0 Å². The molecule has 2 aromatic heterocycles. The van der Waals surface area contributed by atoms with E-state index in [4.69, 9.17) is 14.4 Å². The Hall–Kier alpha value is -3.76. The van der Waals surface area contributed by atoms with Crippen molar-refractivity contribution in [1.82, 2.24) is 4.57 Å². The SMILES string of the molecule is COc1cc(C)c2c(ccn2C(=O)O)c1C(O)c1cc2ccc(C#N)cc2o1. The zero-order valence-electron chi connectivity index (χ0n) is 15.1. The molecule has 0 spiro atoms. The van der Waals surface area contributed by atoms with E-state index in [0.717, 1.165) is 9.95 Å². The summed E-state index contributed by atoms with van der Waals surface area (Å²) in [7, 11) is 1.49. The highest BCUT2D eigenvalue weighted by Crippen LogP contribution is 2.40. The molecule has 0 radical (unpaired) electrons. The molecule has 0 aliphatic rings. The van der Waals surface area contributed by atoms with Gasteiger partial charge in [-0.2, -0.15) is 5.26 Å². The summed E-state index contributed by atoms with van der Waals surface area (Å²) in [5, 5.41) is 30.9. The molecule has 7 nitrogen and oxygen atoms in total. The van der Waals surface area contributed by atoms with Crippen LogP contribution in [-0.2, 0) is 0 Å². The zero-order chi connectivity index (χ0) is 20.0. The van der Waals surface area contributed by atoms with E-state index in [1.807, 2.05) is 0 Å². The van der Waals surface area contributed by atoms with Crippen molar-refractivity contribution in [2.75, 3.05) is 7.11 Å². The summed E-state index contributed by atoms with van der Waals surface area (Å²) < 4.78 is 12.3. The molecule has 4 aromatic rings. The van der Waals surface area contributed by atoms with Gasteiger partial charge in [-0.3, -0.25) is 4.57 Å². The average Bonchev–Trinajstić information content (AvgIpc) is 3.31. The maximum atomic E-state index is 11.5. The van der Waals surface area contributed by atoms with E-state index >= 15 is 0 Å². The van der Waals surface area contributed by atoms with Gasteiger partial charge in [-0.25, -0.2) is 4.79 Å². The first kappa shape index (κ1) is 17.6. The number of hydrogen-bond donors (Lipinski definition) is 2. The van der Waals surface area contributed by atoms with Gasteiger partial charge in [0.25, 0.3) is 0 Å². The molecule has 0 amide bonds. The standard InChI is InChI=1S/C21H16N2O5/c1-11-7-16(27-2)18(14-5-6-23(19(11)14)21(25)26)20(24)17-9-13-4-3-12(10-22)8-15(13)28-17/h3-9,20,24H,1-2H3,(H,25,26). The molecule has 1 atom stereocenters. The summed E-state index contributed by atoms with van der Waals surface area (Å²) in [6, 6.07) is 12.1. The van der Waals surface area contributed by atoms with Crippen LogP contribution >= 0.6 is 0 Å². The summed E-state index contributed by atoms with van der Waals surface area (Å²) in [5.41, 5.74) is 2.54. The molecule has 0 fully saturated rings. The molecule has 2 heterocycles. The molecule has 2 N–H and O–H groups in total. The van der Waals surface area contributed by atoms with E-state index in [-0.39, 0.29) is 5.76 Å². The van der Waals surface area contributed by atoms with Crippen molar-refractivity contribution in [2.45, 2.75) is 13.0 Å². The number of nitrogens with zero attached hydrogens (tertiary/aromatic N) is 2.